The molecule has 1 saturated heterocycles. The molecule has 4 rings (SSSR count). The number of nitrogens with zero attached hydrogens (tertiary/aromatic N) is 1. The molecule has 1 atom stereocenters. The number of quaternary nitrogens is 1. The van der Waals surface area contributed by atoms with Gasteiger partial charge in [0.05, 0.1) is 26.2 Å². The Morgan fingerprint density at radius 2 is 1.68 bits per heavy atom. The maximum Gasteiger partial charge on any atom is 0.287 e. The van der Waals surface area contributed by atoms with Gasteiger partial charge in [-0.15, -0.1) is 11.3 Å². The van der Waals surface area contributed by atoms with Gasteiger partial charge in [0.15, 0.2) is 6.04 Å². The van der Waals surface area contributed by atoms with Crippen LogP contribution in [0.3, 0.4) is 0 Å². The Hall–Kier alpha value is -2.52. The van der Waals surface area contributed by atoms with Gasteiger partial charge in [0.2, 0.25) is 0 Å². The lowest BCUT2D eigenvalue weighted by Gasteiger charge is -2.35. The van der Waals surface area contributed by atoms with Crippen LogP contribution >= 0.6 is 11.3 Å². The smallest absolute Gasteiger partial charge is 0.287 e. The number of amides is 1. The molecule has 0 radical (unpaired) electrons. The second kappa shape index (κ2) is 9.32. The molecule has 0 spiro atoms. The number of nitrogens with one attached hydrogen (secondary N) is 2. The van der Waals surface area contributed by atoms with Crippen molar-refractivity contribution in [1.29, 1.82) is 0 Å². The monoisotopic (exact) mass is 456 g/mol. The Bertz CT molecular complexity index is 1110. The van der Waals surface area contributed by atoms with Crippen LogP contribution in [-0.4, -0.2) is 44.8 Å². The zero-order valence-corrected chi connectivity index (χ0v) is 19.0. The average Bonchev–Trinajstić information content (AvgIpc) is 3.33. The summed E-state index contributed by atoms with van der Waals surface area (Å²) in [5, 5.41) is 4.81. The van der Waals surface area contributed by atoms with Crippen molar-refractivity contribution in [3.63, 3.8) is 0 Å². The maximum absolute atomic E-state index is 13.3. The van der Waals surface area contributed by atoms with Crippen LogP contribution in [-0.2, 0) is 14.8 Å². The van der Waals surface area contributed by atoms with E-state index in [0.717, 1.165) is 21.7 Å². The van der Waals surface area contributed by atoms with Crippen LogP contribution in [0.5, 0.6) is 0 Å². The summed E-state index contributed by atoms with van der Waals surface area (Å²) in [6.45, 7) is 3.90. The van der Waals surface area contributed by atoms with E-state index in [4.69, 9.17) is 0 Å². The van der Waals surface area contributed by atoms with Crippen LogP contribution in [0, 0.1) is 6.92 Å². The van der Waals surface area contributed by atoms with E-state index in [1.54, 1.807) is 17.5 Å². The molecule has 2 aromatic carbocycles. The molecule has 0 bridgehead atoms. The van der Waals surface area contributed by atoms with Gasteiger partial charge in [-0.1, -0.05) is 54.1 Å². The Morgan fingerprint density at radius 3 is 2.29 bits per heavy atom. The van der Waals surface area contributed by atoms with Crippen molar-refractivity contribution >= 4 is 33.0 Å². The Kier molecular flexibility index (Phi) is 6.52. The Balaban J connectivity index is 1.52. The minimum atomic E-state index is -3.47. The minimum Gasteiger partial charge on any atom is -0.321 e. The minimum absolute atomic E-state index is 0.0837. The van der Waals surface area contributed by atoms with Gasteiger partial charge in [-0.05, 0) is 30.5 Å². The van der Waals surface area contributed by atoms with Gasteiger partial charge in [-0.25, -0.2) is 8.42 Å². The van der Waals surface area contributed by atoms with Gasteiger partial charge in [0.25, 0.3) is 15.9 Å². The fourth-order valence-electron chi connectivity index (χ4n) is 3.91. The van der Waals surface area contributed by atoms with Crippen molar-refractivity contribution in [2.45, 2.75) is 17.2 Å². The first-order valence-corrected chi connectivity index (χ1v) is 12.6. The second-order valence-electron chi connectivity index (χ2n) is 7.69. The number of hydrogen-bond acceptors (Lipinski definition) is 4. The average molecular weight is 457 g/mol. The van der Waals surface area contributed by atoms with E-state index in [0.29, 0.717) is 30.4 Å². The molecule has 1 amide bonds. The number of benzene rings is 2. The molecule has 162 valence electrons. The van der Waals surface area contributed by atoms with Crippen LogP contribution in [0.25, 0.3) is 0 Å². The molecule has 6 nitrogen and oxygen atoms in total. The molecule has 1 aliphatic rings. The maximum atomic E-state index is 13.3. The summed E-state index contributed by atoms with van der Waals surface area (Å²) in [4.78, 5) is 14.4. The molecule has 1 aromatic heterocycles. The number of piperazine rings is 1. The van der Waals surface area contributed by atoms with Gasteiger partial charge in [0.1, 0.15) is 4.21 Å². The highest BCUT2D eigenvalue weighted by molar-refractivity contribution is 7.91. The predicted molar refractivity (Wildman–Crippen MR) is 123 cm³/mol. The Morgan fingerprint density at radius 1 is 1.00 bits per heavy atom. The van der Waals surface area contributed by atoms with E-state index in [2.05, 4.69) is 5.32 Å². The van der Waals surface area contributed by atoms with Crippen LogP contribution in [0.1, 0.15) is 17.2 Å². The number of anilines is 1. The first kappa shape index (κ1) is 21.7. The first-order chi connectivity index (χ1) is 14.9. The number of carbonyl (C=O) groups excluding carboxylic acids is 1. The largest absolute Gasteiger partial charge is 0.321 e. The van der Waals surface area contributed by atoms with E-state index in [1.165, 1.54) is 15.6 Å². The number of sulfonamides is 1. The molecule has 1 aliphatic heterocycles. The van der Waals surface area contributed by atoms with Crippen molar-refractivity contribution in [3.8, 4) is 0 Å². The number of carbonyl (C=O) groups is 1. The number of hydrogen-bond donors (Lipinski definition) is 2. The zero-order valence-electron chi connectivity index (χ0n) is 17.3. The van der Waals surface area contributed by atoms with Crippen LogP contribution in [0.15, 0.2) is 76.3 Å². The standard InChI is InChI=1S/C23H25N3O3S2/c1-18-9-11-20(12-10-18)24-23(27)22(19-6-3-2-4-7-19)25-13-15-26(16-14-25)31(28,29)21-8-5-17-30-21/h2-12,17,22H,13-16H2,1H3,(H,24,27)/p+1/t22-/m0/s1. The van der Waals surface area contributed by atoms with Crippen LogP contribution in [0.4, 0.5) is 5.69 Å². The molecule has 3 aromatic rings. The lowest BCUT2D eigenvalue weighted by Crippen LogP contribution is -3.16. The summed E-state index contributed by atoms with van der Waals surface area (Å²) in [5.74, 6) is -0.0837. The van der Waals surface area contributed by atoms with E-state index in [-0.39, 0.29) is 5.91 Å². The van der Waals surface area contributed by atoms with Gasteiger partial charge in [0, 0.05) is 11.3 Å². The molecule has 8 heteroatoms. The third-order valence-corrected chi connectivity index (χ3v) is 8.85. The Labute approximate surface area is 187 Å². The molecule has 2 heterocycles. The van der Waals surface area contributed by atoms with Crippen molar-refractivity contribution in [1.82, 2.24) is 4.31 Å². The molecular formula is C23H26N3O3S2+. The summed E-state index contributed by atoms with van der Waals surface area (Å²) < 4.78 is 27.6. The van der Waals surface area contributed by atoms with Crippen molar-refractivity contribution in [2.75, 3.05) is 31.5 Å². The fourth-order valence-corrected chi connectivity index (χ4v) is 6.50. The lowest BCUT2D eigenvalue weighted by atomic mass is 10.0. The molecule has 2 N–H and O–H groups in total. The summed E-state index contributed by atoms with van der Waals surface area (Å²) in [5.41, 5.74) is 2.82. The third kappa shape index (κ3) is 4.88. The second-order valence-corrected chi connectivity index (χ2v) is 10.8. The molecule has 1 fully saturated rings. The van der Waals surface area contributed by atoms with Gasteiger partial charge in [-0.2, -0.15) is 4.31 Å². The summed E-state index contributed by atoms with van der Waals surface area (Å²) in [6.07, 6.45) is 0. The molecule has 31 heavy (non-hydrogen) atoms. The summed E-state index contributed by atoms with van der Waals surface area (Å²) in [7, 11) is -3.47. The number of aryl methyl sites for hydroxylation is 1. The SMILES string of the molecule is Cc1ccc(NC(=O)[C@H](c2ccccc2)[NH+]2CCN(S(=O)(=O)c3cccs3)CC2)cc1. The van der Waals surface area contributed by atoms with Gasteiger partial charge in [-0.3, -0.25) is 4.79 Å². The number of rotatable bonds is 6. The van der Waals surface area contributed by atoms with E-state index in [1.807, 2.05) is 61.5 Å². The van der Waals surface area contributed by atoms with Gasteiger partial charge >= 0.3 is 0 Å². The normalized spacial score (nSPS) is 16.7. The molecule has 0 unspecified atom stereocenters. The highest BCUT2D eigenvalue weighted by Gasteiger charge is 2.37. The first-order valence-electron chi connectivity index (χ1n) is 10.3. The lowest BCUT2D eigenvalue weighted by molar-refractivity contribution is -0.925. The highest BCUT2D eigenvalue weighted by atomic mass is 32.2. The predicted octanol–water partition coefficient (Wildman–Crippen LogP) is 2.33. The van der Waals surface area contributed by atoms with Gasteiger partial charge < -0.3 is 10.2 Å². The number of thiophene rings is 1. The molecular weight excluding hydrogens is 430 g/mol. The zero-order chi connectivity index (χ0) is 21.8. The topological polar surface area (TPSA) is 70.9 Å². The fraction of sp³-hybridized carbons (Fsp3) is 0.261. The third-order valence-electron chi connectivity index (χ3n) is 5.58. The molecule has 0 saturated carbocycles. The van der Waals surface area contributed by atoms with Crippen molar-refractivity contribution in [3.05, 3.63) is 83.2 Å². The van der Waals surface area contributed by atoms with E-state index >= 15 is 0 Å². The van der Waals surface area contributed by atoms with Crippen molar-refractivity contribution in [2.24, 2.45) is 0 Å². The summed E-state index contributed by atoms with van der Waals surface area (Å²) in [6, 6.07) is 20.4. The van der Waals surface area contributed by atoms with E-state index < -0.39 is 16.1 Å². The van der Waals surface area contributed by atoms with E-state index in [9.17, 15) is 13.2 Å². The summed E-state index contributed by atoms with van der Waals surface area (Å²) >= 11 is 1.23. The van der Waals surface area contributed by atoms with Crippen LogP contribution < -0.4 is 10.2 Å². The van der Waals surface area contributed by atoms with Crippen molar-refractivity contribution < 1.29 is 18.1 Å². The quantitative estimate of drug-likeness (QED) is 0.598. The van der Waals surface area contributed by atoms with Crippen LogP contribution in [0.2, 0.25) is 0 Å². The highest BCUT2D eigenvalue weighted by Crippen LogP contribution is 2.21. The molecule has 0 aliphatic carbocycles.